The van der Waals surface area contributed by atoms with Crippen molar-refractivity contribution in [1.82, 2.24) is 5.06 Å². The molecule has 0 spiro atoms. The van der Waals surface area contributed by atoms with Crippen LogP contribution in [0, 0.1) is 0 Å². The molecule has 0 atom stereocenters. The van der Waals surface area contributed by atoms with E-state index in [9.17, 15) is 14.7 Å². The highest BCUT2D eigenvalue weighted by Crippen LogP contribution is 2.50. The third kappa shape index (κ3) is 15.6. The SMILES string of the molecule is CC(=O)c1cc(Br)ccc1-c1ccc(Br)cc1.CC(C)(O)c1cc(Br)ccc1-c1ccc(Br)cc1.CC1(C)c2cc(Br)ccc2-c2ccc(Br)cc21.CON(C)C(=O)c1cc(Br)ccc1-c1ccc(Br)cc1.[OH-]. The molecule has 1 amide bonds. The molecule has 8 aromatic carbocycles. The van der Waals surface area contributed by atoms with E-state index in [2.05, 4.69) is 178 Å². The van der Waals surface area contributed by atoms with Gasteiger partial charge in [-0.3, -0.25) is 14.4 Å². The predicted molar refractivity (Wildman–Crippen MR) is 328 cm³/mol. The van der Waals surface area contributed by atoms with Crippen LogP contribution in [-0.2, 0) is 15.9 Å². The molecule has 73 heavy (non-hydrogen) atoms. The summed E-state index contributed by atoms with van der Waals surface area (Å²) in [4.78, 5) is 29.0. The van der Waals surface area contributed by atoms with Gasteiger partial charge in [-0.25, -0.2) is 5.06 Å². The van der Waals surface area contributed by atoms with Crippen molar-refractivity contribution in [2.24, 2.45) is 0 Å². The standard InChI is InChI=1S/C15H13Br2NO2.C15H14Br2O.C15H12Br2.C14H10Br2O.H2O/c1-18(20-2)15(19)14-9-12(17)7-8-13(14)10-3-5-11(16)6-4-10;1-15(2,18)14-9-12(17)7-8-13(14)10-3-5-11(16)6-4-10;1-15(2)13-7-9(16)3-5-11(13)12-6-4-10(17)8-14(12)15;1-9(17)14-8-12(16)6-7-13(14)10-2-4-11(15)5-3-10;/h3-9H,1-2H3;3-9,18H,1-2H3;3-8H,1-2H3;2-8H,1H3;1H2/p-1. The molecule has 0 bridgehead atoms. The maximum absolute atomic E-state index is 12.4. The van der Waals surface area contributed by atoms with Crippen molar-refractivity contribution >= 4 is 139 Å². The van der Waals surface area contributed by atoms with Crippen LogP contribution in [0.1, 0.15) is 72.0 Å². The summed E-state index contributed by atoms with van der Waals surface area (Å²) in [5.41, 5.74) is 13.0. The number of halogens is 8. The van der Waals surface area contributed by atoms with Gasteiger partial charge in [-0.1, -0.05) is 208 Å². The molecule has 0 unspecified atom stereocenters. The van der Waals surface area contributed by atoms with Crippen LogP contribution in [0.2, 0.25) is 0 Å². The summed E-state index contributed by atoms with van der Waals surface area (Å²) in [6, 6.07) is 54.4. The number of carbonyl (C=O) groups excluding carboxylic acids is 2. The third-order valence-electron chi connectivity index (χ3n) is 11.8. The van der Waals surface area contributed by atoms with E-state index in [-0.39, 0.29) is 22.6 Å². The fourth-order valence-corrected chi connectivity index (χ4v) is 10.7. The Morgan fingerprint density at radius 1 is 0.466 bits per heavy atom. The number of hydroxylamine groups is 2. The van der Waals surface area contributed by atoms with Crippen LogP contribution >= 0.6 is 127 Å². The number of rotatable bonds is 7. The van der Waals surface area contributed by atoms with E-state index in [1.165, 1.54) is 34.4 Å². The second-order valence-electron chi connectivity index (χ2n) is 17.7. The summed E-state index contributed by atoms with van der Waals surface area (Å²) >= 11 is 27.6. The lowest BCUT2D eigenvalue weighted by atomic mass is 9.82. The van der Waals surface area contributed by atoms with Crippen LogP contribution in [0.5, 0.6) is 0 Å². The Balaban J connectivity index is 0.000000180. The quantitative estimate of drug-likeness (QED) is 0.127. The van der Waals surface area contributed by atoms with Gasteiger partial charge in [0.2, 0.25) is 0 Å². The molecule has 0 aliphatic heterocycles. The number of amides is 1. The number of fused-ring (bicyclic) bond motifs is 3. The number of ketones is 1. The lowest BCUT2D eigenvalue weighted by molar-refractivity contribution is -0.0756. The molecule has 9 rings (SSSR count). The van der Waals surface area contributed by atoms with E-state index in [0.717, 1.165) is 80.3 Å². The molecule has 0 fully saturated rings. The van der Waals surface area contributed by atoms with Crippen molar-refractivity contribution in [1.29, 1.82) is 0 Å². The van der Waals surface area contributed by atoms with Gasteiger partial charge >= 0.3 is 0 Å². The number of carbonyl (C=O) groups is 2. The van der Waals surface area contributed by atoms with Crippen molar-refractivity contribution in [3.8, 4) is 44.5 Å². The van der Waals surface area contributed by atoms with Crippen LogP contribution in [-0.4, -0.2) is 41.5 Å². The maximum atomic E-state index is 12.4. The normalized spacial score (nSPS) is 11.7. The first-order chi connectivity index (χ1) is 34.0. The van der Waals surface area contributed by atoms with Crippen molar-refractivity contribution < 1.29 is 25.0 Å². The lowest BCUT2D eigenvalue weighted by Crippen LogP contribution is -2.25. The number of hydrogen-bond acceptors (Lipinski definition) is 5. The average molecular weight is 1490 g/mol. The van der Waals surface area contributed by atoms with Gasteiger partial charge in [0.15, 0.2) is 5.78 Å². The first kappa shape index (κ1) is 60.5. The molecule has 8 aromatic rings. The molecule has 0 radical (unpaired) electrons. The van der Waals surface area contributed by atoms with Gasteiger partial charge < -0.3 is 10.6 Å². The molecule has 2 N–H and O–H groups in total. The minimum atomic E-state index is -0.869. The summed E-state index contributed by atoms with van der Waals surface area (Å²) in [6.07, 6.45) is 0. The zero-order chi connectivity index (χ0) is 52.7. The fourth-order valence-electron chi connectivity index (χ4n) is 8.10. The highest BCUT2D eigenvalue weighted by molar-refractivity contribution is 9.11. The van der Waals surface area contributed by atoms with E-state index in [1.54, 1.807) is 33.9 Å². The van der Waals surface area contributed by atoms with Crippen molar-refractivity contribution in [2.75, 3.05) is 14.2 Å². The average Bonchev–Trinajstić information content (AvgIpc) is 3.56. The Labute approximate surface area is 495 Å². The number of Topliss-reactive ketones (excluding diaryl/α,β-unsaturated/α-hetero) is 1. The molecule has 0 saturated heterocycles. The molecule has 1 aliphatic rings. The molecule has 14 heteroatoms. The molecule has 378 valence electrons. The van der Waals surface area contributed by atoms with Crippen molar-refractivity contribution in [2.45, 2.75) is 45.6 Å². The summed E-state index contributed by atoms with van der Waals surface area (Å²) in [7, 11) is 3.06. The predicted octanol–water partition coefficient (Wildman–Crippen LogP) is 20.0. The van der Waals surface area contributed by atoms with Gasteiger partial charge in [-0.2, -0.15) is 0 Å². The van der Waals surface area contributed by atoms with E-state index < -0.39 is 5.60 Å². The zero-order valence-corrected chi connectivity index (χ0v) is 53.4. The smallest absolute Gasteiger partial charge is 0.277 e. The first-order valence-corrected chi connectivity index (χ1v) is 28.7. The fraction of sp³-hybridized carbons (Fsp3) is 0.153. The van der Waals surface area contributed by atoms with Crippen molar-refractivity contribution in [3.05, 3.63) is 227 Å². The Kier molecular flexibility index (Phi) is 22.0. The van der Waals surface area contributed by atoms with Crippen LogP contribution in [0.25, 0.3) is 44.5 Å². The minimum absolute atomic E-state index is 0. The summed E-state index contributed by atoms with van der Waals surface area (Å²) in [5.74, 6) is -0.115. The van der Waals surface area contributed by atoms with Gasteiger partial charge in [-0.05, 0) is 179 Å². The third-order valence-corrected chi connectivity index (χ3v) is 15.9. The molecule has 6 nitrogen and oxygen atoms in total. The minimum Gasteiger partial charge on any atom is -0.870 e. The second-order valence-corrected chi connectivity index (χ2v) is 25.0. The molecular weight excluding hydrogens is 1440 g/mol. The first-order valence-electron chi connectivity index (χ1n) is 22.3. The van der Waals surface area contributed by atoms with Gasteiger partial charge in [-0.15, -0.1) is 0 Å². The van der Waals surface area contributed by atoms with Gasteiger partial charge in [0.05, 0.1) is 18.3 Å². The number of nitrogens with zero attached hydrogens (tertiary/aromatic N) is 1. The number of aliphatic hydroxyl groups is 1. The van der Waals surface area contributed by atoms with Gasteiger partial charge in [0, 0.05) is 53.8 Å². The van der Waals surface area contributed by atoms with Crippen LogP contribution < -0.4 is 0 Å². The Morgan fingerprint density at radius 2 is 0.767 bits per heavy atom. The Morgan fingerprint density at radius 3 is 1.14 bits per heavy atom. The van der Waals surface area contributed by atoms with E-state index in [0.29, 0.717) is 5.56 Å². The monoisotopic (exact) mass is 1480 g/mol. The topological polar surface area (TPSA) is 96.8 Å². The van der Waals surface area contributed by atoms with E-state index in [4.69, 9.17) is 4.84 Å². The molecule has 0 saturated carbocycles. The second kappa shape index (κ2) is 26.6. The van der Waals surface area contributed by atoms with Crippen molar-refractivity contribution in [3.63, 3.8) is 0 Å². The lowest BCUT2D eigenvalue weighted by Gasteiger charge is -2.22. The summed E-state index contributed by atoms with van der Waals surface area (Å²) in [6.45, 7) is 9.77. The Bertz CT molecular complexity index is 3170. The molecule has 0 aromatic heterocycles. The maximum Gasteiger partial charge on any atom is 0.277 e. The Hall–Kier alpha value is -3.38. The highest BCUT2D eigenvalue weighted by atomic mass is 79.9. The molecular formula is C59H50Br8NO5-. The summed E-state index contributed by atoms with van der Waals surface area (Å²) < 4.78 is 8.12. The van der Waals surface area contributed by atoms with Gasteiger partial charge in [0.25, 0.3) is 5.91 Å². The zero-order valence-electron chi connectivity index (χ0n) is 40.7. The molecule has 0 heterocycles. The van der Waals surface area contributed by atoms with Gasteiger partial charge in [0.1, 0.15) is 0 Å². The number of hydrogen-bond donors (Lipinski definition) is 1. The highest BCUT2D eigenvalue weighted by Gasteiger charge is 2.35. The van der Waals surface area contributed by atoms with E-state index in [1.807, 2.05) is 121 Å². The van der Waals surface area contributed by atoms with Crippen LogP contribution in [0.15, 0.2) is 200 Å². The molecule has 1 aliphatic carbocycles. The summed E-state index contributed by atoms with van der Waals surface area (Å²) in [5, 5.41) is 11.5. The van der Waals surface area contributed by atoms with E-state index >= 15 is 0 Å². The number of benzene rings is 8. The largest absolute Gasteiger partial charge is 0.870 e. The van der Waals surface area contributed by atoms with Crippen LogP contribution in [0.4, 0.5) is 0 Å². The van der Waals surface area contributed by atoms with Crippen LogP contribution in [0.3, 0.4) is 0 Å².